The van der Waals surface area contributed by atoms with Crippen LogP contribution in [0.15, 0.2) is 20.1 Å². The quantitative estimate of drug-likeness (QED) is 0.646. The molecule has 2 aliphatic rings. The van der Waals surface area contributed by atoms with Gasteiger partial charge in [0.05, 0.1) is 21.2 Å². The molecule has 2 unspecified atom stereocenters. The van der Waals surface area contributed by atoms with E-state index in [2.05, 4.69) is 15.9 Å². The van der Waals surface area contributed by atoms with Crippen LogP contribution < -0.4 is 0 Å². The smallest absolute Gasteiger partial charge is 0.252 e. The molecule has 2 fully saturated rings. The Labute approximate surface area is 166 Å². The number of thiophene rings is 1. The normalized spacial score (nSPS) is 26.7. The molecule has 1 aromatic rings. The summed E-state index contributed by atoms with van der Waals surface area (Å²) >= 11 is 4.42. The van der Waals surface area contributed by atoms with E-state index in [1.807, 2.05) is 0 Å². The van der Waals surface area contributed by atoms with Crippen LogP contribution in [-0.4, -0.2) is 69.6 Å². The second-order valence-corrected chi connectivity index (χ2v) is 13.6. The average Bonchev–Trinajstić information content (AvgIpc) is 3.19. The fraction of sp³-hybridized carbons (Fsp3) is 0.667. The van der Waals surface area contributed by atoms with Crippen LogP contribution in [0.3, 0.4) is 0 Å². The SMILES string of the molecule is CN(C(=O)C1CCCN(S(=O)(=O)c2ccc(Br)s2)C1)C1CCS(=O)(=O)C1. The topological polar surface area (TPSA) is 91.8 Å². The molecule has 0 aromatic carbocycles. The van der Waals surface area contributed by atoms with Crippen molar-refractivity contribution >= 4 is 53.0 Å². The summed E-state index contributed by atoms with van der Waals surface area (Å²) in [5.41, 5.74) is 0. The molecule has 2 aliphatic heterocycles. The molecule has 0 N–H and O–H groups in total. The zero-order valence-corrected chi connectivity index (χ0v) is 18.3. The third kappa shape index (κ3) is 4.16. The van der Waals surface area contributed by atoms with E-state index >= 15 is 0 Å². The van der Waals surface area contributed by atoms with Gasteiger partial charge in [-0.1, -0.05) is 0 Å². The van der Waals surface area contributed by atoms with Crippen molar-refractivity contribution in [2.24, 2.45) is 5.92 Å². The molecule has 26 heavy (non-hydrogen) atoms. The summed E-state index contributed by atoms with van der Waals surface area (Å²) in [6, 6.07) is 2.94. The third-order valence-electron chi connectivity index (χ3n) is 4.98. The van der Waals surface area contributed by atoms with Crippen LogP contribution in [0.25, 0.3) is 0 Å². The van der Waals surface area contributed by atoms with Gasteiger partial charge in [0.1, 0.15) is 4.21 Å². The highest BCUT2D eigenvalue weighted by atomic mass is 79.9. The first-order chi connectivity index (χ1) is 12.1. The van der Waals surface area contributed by atoms with Gasteiger partial charge in [0.25, 0.3) is 10.0 Å². The highest BCUT2D eigenvalue weighted by Gasteiger charge is 2.38. The van der Waals surface area contributed by atoms with Crippen molar-refractivity contribution in [2.45, 2.75) is 29.5 Å². The van der Waals surface area contributed by atoms with Gasteiger partial charge in [-0.05, 0) is 47.3 Å². The molecular weight excluding hydrogens is 464 g/mol. The molecule has 1 aromatic heterocycles. The number of hydrogen-bond donors (Lipinski definition) is 0. The Bertz CT molecular complexity index is 896. The first kappa shape index (κ1) is 20.2. The number of nitrogens with zero attached hydrogens (tertiary/aromatic N) is 2. The lowest BCUT2D eigenvalue weighted by atomic mass is 9.97. The first-order valence-corrected chi connectivity index (χ1v) is 13.2. The highest BCUT2D eigenvalue weighted by Crippen LogP contribution is 2.31. The number of sulfone groups is 1. The number of piperidine rings is 1. The van der Waals surface area contributed by atoms with Gasteiger partial charge in [-0.2, -0.15) is 4.31 Å². The van der Waals surface area contributed by atoms with Crippen molar-refractivity contribution < 1.29 is 21.6 Å². The van der Waals surface area contributed by atoms with Crippen molar-refractivity contribution in [1.82, 2.24) is 9.21 Å². The van der Waals surface area contributed by atoms with Crippen molar-refractivity contribution in [3.05, 3.63) is 15.9 Å². The summed E-state index contributed by atoms with van der Waals surface area (Å²) in [6.45, 7) is 0.531. The average molecular weight is 485 g/mol. The standard InChI is InChI=1S/C15H21BrN2O5S3/c1-17(12-6-8-25(20,21)10-12)15(19)11-3-2-7-18(9-11)26(22,23)14-5-4-13(16)24-14/h4-5,11-12H,2-3,6-10H2,1H3. The van der Waals surface area contributed by atoms with Crippen LogP contribution in [-0.2, 0) is 24.7 Å². The zero-order chi connectivity index (χ0) is 19.1. The summed E-state index contributed by atoms with van der Waals surface area (Å²) in [6.07, 6.45) is 1.67. The minimum absolute atomic E-state index is 0.00675. The van der Waals surface area contributed by atoms with E-state index in [-0.39, 0.29) is 34.2 Å². The van der Waals surface area contributed by atoms with Gasteiger partial charge >= 0.3 is 0 Å². The molecular formula is C15H21BrN2O5S3. The van der Waals surface area contributed by atoms with E-state index in [0.29, 0.717) is 25.8 Å². The predicted molar refractivity (Wildman–Crippen MR) is 103 cm³/mol. The molecule has 0 spiro atoms. The molecule has 3 heterocycles. The summed E-state index contributed by atoms with van der Waals surface area (Å²) in [7, 11) is -5.07. The number of halogens is 1. The van der Waals surface area contributed by atoms with Gasteiger partial charge in [0.15, 0.2) is 9.84 Å². The summed E-state index contributed by atoms with van der Waals surface area (Å²) in [5, 5.41) is 0. The summed E-state index contributed by atoms with van der Waals surface area (Å²) in [4.78, 5) is 14.3. The third-order valence-corrected chi connectivity index (χ3v) is 10.7. The first-order valence-electron chi connectivity index (χ1n) is 8.33. The fourth-order valence-corrected chi connectivity index (χ4v) is 8.94. The van der Waals surface area contributed by atoms with Crippen LogP contribution in [0.5, 0.6) is 0 Å². The maximum Gasteiger partial charge on any atom is 0.252 e. The Morgan fingerprint density at radius 2 is 2.08 bits per heavy atom. The van der Waals surface area contributed by atoms with Gasteiger partial charge in [-0.15, -0.1) is 11.3 Å². The van der Waals surface area contributed by atoms with Gasteiger partial charge in [0.2, 0.25) is 5.91 Å². The van der Waals surface area contributed by atoms with E-state index in [1.165, 1.54) is 9.21 Å². The molecule has 0 aliphatic carbocycles. The largest absolute Gasteiger partial charge is 0.341 e. The molecule has 0 bridgehead atoms. The highest BCUT2D eigenvalue weighted by molar-refractivity contribution is 9.11. The number of rotatable bonds is 4. The Balaban J connectivity index is 1.71. The van der Waals surface area contributed by atoms with Crippen molar-refractivity contribution in [2.75, 3.05) is 31.6 Å². The van der Waals surface area contributed by atoms with Crippen LogP contribution in [0.1, 0.15) is 19.3 Å². The van der Waals surface area contributed by atoms with Gasteiger partial charge < -0.3 is 4.90 Å². The summed E-state index contributed by atoms with van der Waals surface area (Å²) < 4.78 is 51.3. The van der Waals surface area contributed by atoms with E-state index in [4.69, 9.17) is 0 Å². The molecule has 11 heteroatoms. The minimum Gasteiger partial charge on any atom is -0.341 e. The van der Waals surface area contributed by atoms with Crippen LogP contribution in [0.2, 0.25) is 0 Å². The van der Waals surface area contributed by atoms with Crippen molar-refractivity contribution in [3.63, 3.8) is 0 Å². The van der Waals surface area contributed by atoms with Gasteiger partial charge in [-0.25, -0.2) is 16.8 Å². The van der Waals surface area contributed by atoms with Crippen molar-refractivity contribution in [1.29, 1.82) is 0 Å². The minimum atomic E-state index is -3.62. The fourth-order valence-electron chi connectivity index (χ4n) is 3.47. The number of sulfonamides is 1. The number of hydrogen-bond acceptors (Lipinski definition) is 6. The molecule has 146 valence electrons. The predicted octanol–water partition coefficient (Wildman–Crippen LogP) is 1.56. The maximum absolute atomic E-state index is 12.8. The molecule has 2 saturated heterocycles. The van der Waals surface area contributed by atoms with Crippen LogP contribution in [0, 0.1) is 5.92 Å². The Morgan fingerprint density at radius 3 is 2.65 bits per heavy atom. The molecule has 0 radical (unpaired) electrons. The molecule has 3 rings (SSSR count). The Hall–Kier alpha value is -0.490. The van der Waals surface area contributed by atoms with Gasteiger partial charge in [0, 0.05) is 26.2 Å². The van der Waals surface area contributed by atoms with Crippen molar-refractivity contribution in [3.8, 4) is 0 Å². The number of amides is 1. The van der Waals surface area contributed by atoms with E-state index in [1.54, 1.807) is 19.2 Å². The molecule has 2 atom stereocenters. The lowest BCUT2D eigenvalue weighted by Crippen LogP contribution is -2.48. The van der Waals surface area contributed by atoms with Crippen LogP contribution >= 0.6 is 27.3 Å². The molecule has 0 saturated carbocycles. The molecule has 7 nitrogen and oxygen atoms in total. The Kier molecular flexibility index (Phi) is 5.84. The van der Waals surface area contributed by atoms with E-state index in [0.717, 1.165) is 15.1 Å². The number of carbonyl (C=O) groups is 1. The zero-order valence-electron chi connectivity index (χ0n) is 14.3. The maximum atomic E-state index is 12.8. The monoisotopic (exact) mass is 484 g/mol. The van der Waals surface area contributed by atoms with Crippen LogP contribution in [0.4, 0.5) is 0 Å². The number of carbonyl (C=O) groups excluding carboxylic acids is 1. The summed E-state index contributed by atoms with van der Waals surface area (Å²) in [5.74, 6) is -0.504. The molecule has 1 amide bonds. The second-order valence-electron chi connectivity index (χ2n) is 6.77. The van der Waals surface area contributed by atoms with E-state index in [9.17, 15) is 21.6 Å². The lowest BCUT2D eigenvalue weighted by molar-refractivity contribution is -0.137. The van der Waals surface area contributed by atoms with E-state index < -0.39 is 25.8 Å². The lowest BCUT2D eigenvalue weighted by Gasteiger charge is -2.34. The van der Waals surface area contributed by atoms with Gasteiger partial charge in [-0.3, -0.25) is 4.79 Å². The Morgan fingerprint density at radius 1 is 1.35 bits per heavy atom. The second kappa shape index (κ2) is 7.50.